The molecule has 0 saturated carbocycles. The molecule has 1 unspecified atom stereocenters. The molecule has 0 radical (unpaired) electrons. The van der Waals surface area contributed by atoms with Crippen LogP contribution in [0.4, 0.5) is 4.79 Å². The van der Waals surface area contributed by atoms with Crippen LogP contribution in [-0.4, -0.2) is 37.4 Å². The third-order valence-corrected chi connectivity index (χ3v) is 1.80. The average molecular weight is 158 g/mol. The molecule has 4 N–H and O–H groups in total. The van der Waals surface area contributed by atoms with Gasteiger partial charge in [0, 0.05) is 6.67 Å². The quantitative estimate of drug-likeness (QED) is 0.452. The maximum atomic E-state index is 10.5. The van der Waals surface area contributed by atoms with Gasteiger partial charge in [-0.2, -0.15) is 0 Å². The molecular weight excluding hydrogens is 144 g/mol. The van der Waals surface area contributed by atoms with E-state index >= 15 is 0 Å². The van der Waals surface area contributed by atoms with E-state index in [4.69, 9.17) is 5.73 Å². The highest BCUT2D eigenvalue weighted by Crippen LogP contribution is 2.00. The molecule has 0 aromatic rings. The molecule has 0 bridgehead atoms. The lowest BCUT2D eigenvalue weighted by Gasteiger charge is -2.32. The minimum Gasteiger partial charge on any atom is -0.352 e. The normalized spacial score (nSPS) is 26.5. The standard InChI is InChI=1S/C6H14N4O/c1-10-4-8-3-2-5(10)9-6(7)11/h5,8H,2-4H2,1H3,(H3,7,9,11). The number of carbonyl (C=O) groups is 1. The summed E-state index contributed by atoms with van der Waals surface area (Å²) in [7, 11) is 1.94. The van der Waals surface area contributed by atoms with E-state index in [9.17, 15) is 4.79 Å². The van der Waals surface area contributed by atoms with Gasteiger partial charge < -0.3 is 16.4 Å². The molecule has 1 saturated heterocycles. The Morgan fingerprint density at radius 1 is 1.82 bits per heavy atom. The molecule has 5 heteroatoms. The Balaban J connectivity index is 2.35. The highest BCUT2D eigenvalue weighted by Gasteiger charge is 2.18. The van der Waals surface area contributed by atoms with Crippen LogP contribution in [0.5, 0.6) is 0 Å². The predicted molar refractivity (Wildman–Crippen MR) is 41.8 cm³/mol. The van der Waals surface area contributed by atoms with Crippen molar-refractivity contribution in [3.05, 3.63) is 0 Å². The number of nitrogens with two attached hydrogens (primary N) is 1. The maximum Gasteiger partial charge on any atom is 0.313 e. The van der Waals surface area contributed by atoms with Gasteiger partial charge in [-0.3, -0.25) is 4.90 Å². The second kappa shape index (κ2) is 3.54. The first-order valence-electron chi connectivity index (χ1n) is 3.67. The van der Waals surface area contributed by atoms with E-state index in [1.54, 1.807) is 0 Å². The molecule has 1 atom stereocenters. The van der Waals surface area contributed by atoms with Gasteiger partial charge in [-0.15, -0.1) is 0 Å². The Kier molecular flexibility index (Phi) is 2.67. The van der Waals surface area contributed by atoms with Gasteiger partial charge >= 0.3 is 6.03 Å². The van der Waals surface area contributed by atoms with Crippen LogP contribution < -0.4 is 16.4 Å². The van der Waals surface area contributed by atoms with Crippen molar-refractivity contribution in [1.29, 1.82) is 0 Å². The number of rotatable bonds is 1. The fourth-order valence-corrected chi connectivity index (χ4v) is 1.17. The van der Waals surface area contributed by atoms with Crippen LogP contribution in [0.1, 0.15) is 6.42 Å². The molecular formula is C6H14N4O. The highest BCUT2D eigenvalue weighted by atomic mass is 16.2. The van der Waals surface area contributed by atoms with Crippen LogP contribution in [0, 0.1) is 0 Å². The number of amides is 2. The number of urea groups is 1. The molecule has 0 aromatic carbocycles. The zero-order chi connectivity index (χ0) is 8.27. The first-order valence-corrected chi connectivity index (χ1v) is 3.67. The zero-order valence-electron chi connectivity index (χ0n) is 6.63. The summed E-state index contributed by atoms with van der Waals surface area (Å²) in [5.41, 5.74) is 4.99. The van der Waals surface area contributed by atoms with E-state index < -0.39 is 6.03 Å². The summed E-state index contributed by atoms with van der Waals surface area (Å²) in [6.07, 6.45) is 0.994. The first-order chi connectivity index (χ1) is 5.20. The molecule has 1 fully saturated rings. The molecule has 64 valence electrons. The SMILES string of the molecule is CN1CNCCC1NC(N)=O. The predicted octanol–water partition coefficient (Wildman–Crippen LogP) is -1.14. The van der Waals surface area contributed by atoms with Gasteiger partial charge in [0.2, 0.25) is 0 Å². The molecule has 1 aliphatic rings. The number of primary amides is 1. The molecule has 1 rings (SSSR count). The Bertz CT molecular complexity index is 150. The molecule has 5 nitrogen and oxygen atoms in total. The van der Waals surface area contributed by atoms with E-state index in [1.807, 2.05) is 11.9 Å². The third kappa shape index (κ3) is 2.36. The number of hydrogen-bond donors (Lipinski definition) is 3. The van der Waals surface area contributed by atoms with Gasteiger partial charge in [0.05, 0.1) is 6.17 Å². The van der Waals surface area contributed by atoms with Crippen molar-refractivity contribution in [3.63, 3.8) is 0 Å². The number of nitrogens with one attached hydrogen (secondary N) is 2. The van der Waals surface area contributed by atoms with Crippen LogP contribution in [0.25, 0.3) is 0 Å². The Labute approximate surface area is 65.9 Å². The van der Waals surface area contributed by atoms with Crippen molar-refractivity contribution in [2.75, 3.05) is 20.3 Å². The van der Waals surface area contributed by atoms with Gasteiger partial charge in [-0.05, 0) is 20.0 Å². The molecule has 0 aromatic heterocycles. The Morgan fingerprint density at radius 2 is 2.55 bits per heavy atom. The lowest BCUT2D eigenvalue weighted by Crippen LogP contribution is -2.55. The fourth-order valence-electron chi connectivity index (χ4n) is 1.17. The molecule has 2 amide bonds. The summed E-state index contributed by atoms with van der Waals surface area (Å²) in [5.74, 6) is 0. The van der Waals surface area contributed by atoms with Gasteiger partial charge in [-0.25, -0.2) is 4.79 Å². The van der Waals surface area contributed by atoms with Gasteiger partial charge in [0.15, 0.2) is 0 Å². The first kappa shape index (κ1) is 8.29. The van der Waals surface area contributed by atoms with Crippen molar-refractivity contribution in [2.24, 2.45) is 5.73 Å². The number of carbonyl (C=O) groups excluding carboxylic acids is 1. The second-order valence-corrected chi connectivity index (χ2v) is 2.73. The average Bonchev–Trinajstić information content (AvgIpc) is 1.93. The van der Waals surface area contributed by atoms with Crippen LogP contribution >= 0.6 is 0 Å². The fraction of sp³-hybridized carbons (Fsp3) is 0.833. The summed E-state index contributed by atoms with van der Waals surface area (Å²) >= 11 is 0. The minimum atomic E-state index is -0.455. The van der Waals surface area contributed by atoms with Crippen LogP contribution in [0.15, 0.2) is 0 Å². The molecule has 1 heterocycles. The van der Waals surface area contributed by atoms with E-state index in [2.05, 4.69) is 10.6 Å². The Morgan fingerprint density at radius 3 is 3.09 bits per heavy atom. The van der Waals surface area contributed by atoms with Crippen molar-refractivity contribution in [1.82, 2.24) is 15.5 Å². The topological polar surface area (TPSA) is 70.4 Å². The van der Waals surface area contributed by atoms with Gasteiger partial charge in [-0.1, -0.05) is 0 Å². The maximum absolute atomic E-state index is 10.5. The summed E-state index contributed by atoms with van der Waals surface area (Å²) in [6.45, 7) is 1.72. The second-order valence-electron chi connectivity index (χ2n) is 2.73. The van der Waals surface area contributed by atoms with Gasteiger partial charge in [0.1, 0.15) is 0 Å². The van der Waals surface area contributed by atoms with Crippen molar-refractivity contribution < 1.29 is 4.79 Å². The summed E-state index contributed by atoms with van der Waals surface area (Å²) in [6, 6.07) is -0.455. The number of hydrogen-bond acceptors (Lipinski definition) is 3. The largest absolute Gasteiger partial charge is 0.352 e. The van der Waals surface area contributed by atoms with E-state index in [-0.39, 0.29) is 6.17 Å². The minimum absolute atomic E-state index is 0.0914. The summed E-state index contributed by atoms with van der Waals surface area (Å²) in [5, 5.41) is 5.83. The smallest absolute Gasteiger partial charge is 0.313 e. The van der Waals surface area contributed by atoms with Crippen LogP contribution in [0.2, 0.25) is 0 Å². The molecule has 0 spiro atoms. The summed E-state index contributed by atoms with van der Waals surface area (Å²) in [4.78, 5) is 12.5. The van der Waals surface area contributed by atoms with Crippen molar-refractivity contribution in [2.45, 2.75) is 12.6 Å². The zero-order valence-corrected chi connectivity index (χ0v) is 6.63. The van der Waals surface area contributed by atoms with Crippen molar-refractivity contribution >= 4 is 6.03 Å². The van der Waals surface area contributed by atoms with E-state index in [0.29, 0.717) is 0 Å². The molecule has 1 aliphatic heterocycles. The number of nitrogens with zero attached hydrogens (tertiary/aromatic N) is 1. The van der Waals surface area contributed by atoms with E-state index in [0.717, 1.165) is 19.6 Å². The van der Waals surface area contributed by atoms with Gasteiger partial charge in [0.25, 0.3) is 0 Å². The van der Waals surface area contributed by atoms with Crippen LogP contribution in [0.3, 0.4) is 0 Å². The monoisotopic (exact) mass is 158 g/mol. The third-order valence-electron chi connectivity index (χ3n) is 1.80. The Hall–Kier alpha value is -0.810. The van der Waals surface area contributed by atoms with Crippen LogP contribution in [-0.2, 0) is 0 Å². The summed E-state index contributed by atoms with van der Waals surface area (Å²) < 4.78 is 0. The molecule has 11 heavy (non-hydrogen) atoms. The lowest BCUT2D eigenvalue weighted by molar-refractivity contribution is 0.149. The highest BCUT2D eigenvalue weighted by molar-refractivity contribution is 5.71. The van der Waals surface area contributed by atoms with Crippen molar-refractivity contribution in [3.8, 4) is 0 Å². The molecule has 0 aliphatic carbocycles. The lowest BCUT2D eigenvalue weighted by atomic mass is 10.3. The van der Waals surface area contributed by atoms with E-state index in [1.165, 1.54) is 0 Å².